The van der Waals surface area contributed by atoms with Gasteiger partial charge in [0.05, 0.1) is 5.71 Å². The van der Waals surface area contributed by atoms with Crippen LogP contribution in [-0.2, 0) is 0 Å². The Labute approximate surface area is 108 Å². The van der Waals surface area contributed by atoms with E-state index in [1.165, 1.54) is 5.56 Å². The summed E-state index contributed by atoms with van der Waals surface area (Å²) >= 11 is 0. The van der Waals surface area contributed by atoms with Crippen LogP contribution < -0.4 is 11.2 Å². The standard InChI is InChI=1S/C14H21N3O/c1-4-10(3)11-6-8-12(9-7-11)13(5-2)16-17-14(15)18/h6-10H,4-5H2,1-3H3,(H3,15,17,18). The van der Waals surface area contributed by atoms with Crippen molar-refractivity contribution in [3.63, 3.8) is 0 Å². The van der Waals surface area contributed by atoms with Crippen LogP contribution >= 0.6 is 0 Å². The largest absolute Gasteiger partial charge is 0.350 e. The summed E-state index contributed by atoms with van der Waals surface area (Å²) in [6, 6.07) is 7.65. The minimum Gasteiger partial charge on any atom is -0.350 e. The lowest BCUT2D eigenvalue weighted by atomic mass is 9.96. The monoisotopic (exact) mass is 247 g/mol. The summed E-state index contributed by atoms with van der Waals surface area (Å²) in [5, 5.41) is 4.00. The minimum atomic E-state index is -0.642. The number of nitrogens with zero attached hydrogens (tertiary/aromatic N) is 1. The highest BCUT2D eigenvalue weighted by Gasteiger charge is 2.05. The Kier molecular flexibility index (Phi) is 5.36. The predicted molar refractivity (Wildman–Crippen MR) is 74.7 cm³/mol. The molecule has 0 aromatic heterocycles. The molecule has 0 heterocycles. The Morgan fingerprint density at radius 2 is 1.94 bits per heavy atom. The molecule has 0 aliphatic heterocycles. The summed E-state index contributed by atoms with van der Waals surface area (Å²) in [7, 11) is 0. The number of carbonyl (C=O) groups excluding carboxylic acids is 1. The Morgan fingerprint density at radius 3 is 2.39 bits per heavy atom. The molecule has 0 radical (unpaired) electrons. The van der Waals surface area contributed by atoms with Crippen molar-refractivity contribution in [3.8, 4) is 0 Å². The Morgan fingerprint density at radius 1 is 1.33 bits per heavy atom. The summed E-state index contributed by atoms with van der Waals surface area (Å²) in [6.07, 6.45) is 1.86. The summed E-state index contributed by atoms with van der Waals surface area (Å²) < 4.78 is 0. The van der Waals surface area contributed by atoms with E-state index in [4.69, 9.17) is 5.73 Å². The molecule has 0 aliphatic rings. The fourth-order valence-electron chi connectivity index (χ4n) is 1.71. The second-order valence-corrected chi connectivity index (χ2v) is 4.32. The van der Waals surface area contributed by atoms with Crippen LogP contribution in [-0.4, -0.2) is 11.7 Å². The number of primary amides is 1. The lowest BCUT2D eigenvalue weighted by Crippen LogP contribution is -2.25. The number of benzene rings is 1. The van der Waals surface area contributed by atoms with Crippen molar-refractivity contribution in [2.75, 3.05) is 0 Å². The molecule has 0 aliphatic carbocycles. The van der Waals surface area contributed by atoms with E-state index < -0.39 is 6.03 Å². The van der Waals surface area contributed by atoms with Crippen molar-refractivity contribution in [1.82, 2.24) is 5.43 Å². The highest BCUT2D eigenvalue weighted by atomic mass is 16.2. The predicted octanol–water partition coefficient (Wildman–Crippen LogP) is 2.98. The van der Waals surface area contributed by atoms with Crippen molar-refractivity contribution >= 4 is 11.7 Å². The molecule has 2 amide bonds. The molecule has 4 heteroatoms. The molecule has 18 heavy (non-hydrogen) atoms. The maximum Gasteiger partial charge on any atom is 0.332 e. The van der Waals surface area contributed by atoms with Gasteiger partial charge in [0.2, 0.25) is 0 Å². The molecular weight excluding hydrogens is 226 g/mol. The highest BCUT2D eigenvalue weighted by molar-refractivity contribution is 6.00. The maximum atomic E-state index is 10.6. The number of rotatable bonds is 5. The molecule has 0 fully saturated rings. The zero-order valence-electron chi connectivity index (χ0n) is 11.2. The van der Waals surface area contributed by atoms with Gasteiger partial charge < -0.3 is 5.73 Å². The van der Waals surface area contributed by atoms with E-state index >= 15 is 0 Å². The smallest absolute Gasteiger partial charge is 0.332 e. The number of nitrogens with one attached hydrogen (secondary N) is 1. The zero-order chi connectivity index (χ0) is 13.5. The van der Waals surface area contributed by atoms with Crippen molar-refractivity contribution in [2.24, 2.45) is 10.8 Å². The second-order valence-electron chi connectivity index (χ2n) is 4.32. The first kappa shape index (κ1) is 14.2. The number of carbonyl (C=O) groups is 1. The van der Waals surface area contributed by atoms with Crippen LogP contribution in [0.3, 0.4) is 0 Å². The van der Waals surface area contributed by atoms with E-state index in [2.05, 4.69) is 36.5 Å². The maximum absolute atomic E-state index is 10.6. The van der Waals surface area contributed by atoms with Crippen LogP contribution in [0.15, 0.2) is 29.4 Å². The van der Waals surface area contributed by atoms with E-state index in [0.717, 1.165) is 24.1 Å². The third-order valence-corrected chi connectivity index (χ3v) is 3.06. The van der Waals surface area contributed by atoms with Crippen LogP contribution in [0.2, 0.25) is 0 Å². The van der Waals surface area contributed by atoms with Crippen molar-refractivity contribution in [1.29, 1.82) is 0 Å². The van der Waals surface area contributed by atoms with Gasteiger partial charge in [0.15, 0.2) is 0 Å². The van der Waals surface area contributed by atoms with E-state index in [0.29, 0.717) is 5.92 Å². The van der Waals surface area contributed by atoms with Gasteiger partial charge in [-0.05, 0) is 29.9 Å². The Hall–Kier alpha value is -1.84. The Balaban J connectivity index is 2.88. The molecule has 0 saturated heterocycles. The number of urea groups is 1. The zero-order valence-corrected chi connectivity index (χ0v) is 11.2. The molecule has 1 atom stereocenters. The molecule has 98 valence electrons. The lowest BCUT2D eigenvalue weighted by molar-refractivity contribution is 0.249. The van der Waals surface area contributed by atoms with Crippen LogP contribution in [0.1, 0.15) is 50.7 Å². The van der Waals surface area contributed by atoms with Gasteiger partial charge in [-0.2, -0.15) is 5.10 Å². The topological polar surface area (TPSA) is 67.5 Å². The average molecular weight is 247 g/mol. The third kappa shape index (κ3) is 3.87. The first-order chi connectivity index (χ1) is 8.58. The SMILES string of the molecule is CCC(=NNC(N)=O)c1ccc(C(C)CC)cc1. The third-order valence-electron chi connectivity index (χ3n) is 3.06. The summed E-state index contributed by atoms with van der Waals surface area (Å²) in [5.74, 6) is 0.560. The normalized spacial score (nSPS) is 13.2. The van der Waals surface area contributed by atoms with Gasteiger partial charge in [0.25, 0.3) is 0 Å². The number of nitrogens with two attached hydrogens (primary N) is 1. The molecule has 1 unspecified atom stereocenters. The number of hydrogen-bond acceptors (Lipinski definition) is 2. The fourth-order valence-corrected chi connectivity index (χ4v) is 1.71. The molecule has 1 rings (SSSR count). The quantitative estimate of drug-likeness (QED) is 0.609. The van der Waals surface area contributed by atoms with Gasteiger partial charge >= 0.3 is 6.03 Å². The fraction of sp³-hybridized carbons (Fsp3) is 0.429. The Bertz CT molecular complexity index is 423. The van der Waals surface area contributed by atoms with Crippen molar-refractivity contribution in [2.45, 2.75) is 39.5 Å². The molecule has 0 bridgehead atoms. The number of amides is 2. The van der Waals surface area contributed by atoms with Crippen LogP contribution in [0, 0.1) is 0 Å². The van der Waals surface area contributed by atoms with Crippen LogP contribution in [0.4, 0.5) is 4.79 Å². The molecule has 0 spiro atoms. The van der Waals surface area contributed by atoms with Gasteiger partial charge in [-0.1, -0.05) is 45.0 Å². The summed E-state index contributed by atoms with van der Waals surface area (Å²) in [5.41, 5.74) is 10.4. The van der Waals surface area contributed by atoms with Gasteiger partial charge in [-0.3, -0.25) is 0 Å². The van der Waals surface area contributed by atoms with Crippen molar-refractivity contribution in [3.05, 3.63) is 35.4 Å². The molecule has 1 aromatic carbocycles. The van der Waals surface area contributed by atoms with Gasteiger partial charge in [0, 0.05) is 0 Å². The van der Waals surface area contributed by atoms with Crippen LogP contribution in [0.5, 0.6) is 0 Å². The first-order valence-electron chi connectivity index (χ1n) is 6.30. The minimum absolute atomic E-state index is 0.560. The number of hydrogen-bond donors (Lipinski definition) is 2. The van der Waals surface area contributed by atoms with E-state index in [9.17, 15) is 4.79 Å². The van der Waals surface area contributed by atoms with Gasteiger partial charge in [-0.15, -0.1) is 0 Å². The second kappa shape index (κ2) is 6.79. The lowest BCUT2D eigenvalue weighted by Gasteiger charge is -2.10. The van der Waals surface area contributed by atoms with Crippen LogP contribution in [0.25, 0.3) is 0 Å². The van der Waals surface area contributed by atoms with Crippen molar-refractivity contribution < 1.29 is 4.79 Å². The molecule has 1 aromatic rings. The molecule has 4 nitrogen and oxygen atoms in total. The summed E-state index contributed by atoms with van der Waals surface area (Å²) in [6.45, 7) is 6.37. The summed E-state index contributed by atoms with van der Waals surface area (Å²) in [4.78, 5) is 10.6. The first-order valence-corrected chi connectivity index (χ1v) is 6.30. The van der Waals surface area contributed by atoms with E-state index in [1.807, 2.05) is 19.1 Å². The number of hydrazone groups is 1. The highest BCUT2D eigenvalue weighted by Crippen LogP contribution is 2.19. The van der Waals surface area contributed by atoms with E-state index in [1.54, 1.807) is 0 Å². The molecule has 0 saturated carbocycles. The molecule has 3 N–H and O–H groups in total. The van der Waals surface area contributed by atoms with E-state index in [-0.39, 0.29) is 0 Å². The van der Waals surface area contributed by atoms with Gasteiger partial charge in [-0.25, -0.2) is 10.2 Å². The average Bonchev–Trinajstić information content (AvgIpc) is 2.39. The van der Waals surface area contributed by atoms with Gasteiger partial charge in [0.1, 0.15) is 0 Å². The molecular formula is C14H21N3O.